The van der Waals surface area contributed by atoms with Crippen molar-refractivity contribution in [3.8, 4) is 12.3 Å². The molecule has 0 aromatic heterocycles. The van der Waals surface area contributed by atoms with Crippen LogP contribution >= 0.6 is 11.6 Å². The Morgan fingerprint density at radius 3 is 2.90 bits per heavy atom. The molecule has 1 aromatic rings. The zero-order valence-electron chi connectivity index (χ0n) is 11.1. The van der Waals surface area contributed by atoms with Gasteiger partial charge in [-0.3, -0.25) is 4.99 Å². The van der Waals surface area contributed by atoms with E-state index in [2.05, 4.69) is 16.2 Å². The second kappa shape index (κ2) is 6.62. The molecule has 5 heteroatoms. The van der Waals surface area contributed by atoms with Gasteiger partial charge in [-0.25, -0.2) is 4.39 Å². The van der Waals surface area contributed by atoms with Crippen molar-refractivity contribution in [1.29, 1.82) is 0 Å². The largest absolute Gasteiger partial charge is 0.370 e. The van der Waals surface area contributed by atoms with E-state index >= 15 is 0 Å². The van der Waals surface area contributed by atoms with E-state index < -0.39 is 11.9 Å². The van der Waals surface area contributed by atoms with E-state index in [0.29, 0.717) is 23.0 Å². The van der Waals surface area contributed by atoms with Gasteiger partial charge >= 0.3 is 0 Å². The third-order valence-electron chi connectivity index (χ3n) is 3.48. The summed E-state index contributed by atoms with van der Waals surface area (Å²) in [5.74, 6) is 2.87. The summed E-state index contributed by atoms with van der Waals surface area (Å²) in [5.41, 5.74) is 6.12. The van der Waals surface area contributed by atoms with Crippen LogP contribution in [0.5, 0.6) is 0 Å². The van der Waals surface area contributed by atoms with E-state index in [1.807, 2.05) is 0 Å². The lowest BCUT2D eigenvalue weighted by Gasteiger charge is -2.23. The van der Waals surface area contributed by atoms with Gasteiger partial charge in [0, 0.05) is 17.1 Å². The molecule has 1 atom stereocenters. The van der Waals surface area contributed by atoms with Gasteiger partial charge in [0.25, 0.3) is 0 Å². The minimum Gasteiger partial charge on any atom is -0.370 e. The molecule has 1 unspecified atom stereocenters. The summed E-state index contributed by atoms with van der Waals surface area (Å²) >= 11 is 5.72. The summed E-state index contributed by atoms with van der Waals surface area (Å²) < 4.78 is 13.8. The predicted molar refractivity (Wildman–Crippen MR) is 80.0 cm³/mol. The molecule has 0 aliphatic heterocycles. The van der Waals surface area contributed by atoms with Crippen molar-refractivity contribution in [2.45, 2.75) is 25.3 Å². The van der Waals surface area contributed by atoms with Crippen LogP contribution in [-0.2, 0) is 0 Å². The van der Waals surface area contributed by atoms with Crippen LogP contribution in [0.2, 0.25) is 5.02 Å². The number of hydrogen-bond acceptors (Lipinski definition) is 1. The highest BCUT2D eigenvalue weighted by molar-refractivity contribution is 6.30. The summed E-state index contributed by atoms with van der Waals surface area (Å²) in [6.07, 6.45) is 9.08. The van der Waals surface area contributed by atoms with Gasteiger partial charge in [0.1, 0.15) is 11.9 Å². The quantitative estimate of drug-likeness (QED) is 0.509. The van der Waals surface area contributed by atoms with Gasteiger partial charge in [0.05, 0.1) is 0 Å². The van der Waals surface area contributed by atoms with Crippen LogP contribution in [0, 0.1) is 24.1 Å². The van der Waals surface area contributed by atoms with Gasteiger partial charge in [-0.15, -0.1) is 6.42 Å². The van der Waals surface area contributed by atoms with Crippen molar-refractivity contribution in [1.82, 2.24) is 5.32 Å². The minimum atomic E-state index is -0.655. The van der Waals surface area contributed by atoms with Gasteiger partial charge in [0.15, 0.2) is 5.96 Å². The molecule has 0 radical (unpaired) electrons. The molecule has 20 heavy (non-hydrogen) atoms. The number of nitrogens with zero attached hydrogens (tertiary/aromatic N) is 1. The van der Waals surface area contributed by atoms with Crippen LogP contribution in [0.15, 0.2) is 23.2 Å². The van der Waals surface area contributed by atoms with Crippen LogP contribution in [0.1, 0.15) is 30.9 Å². The fourth-order valence-electron chi connectivity index (χ4n) is 2.04. The standard InChI is InChI=1S/C15H17ClFN3/c1-2-14(12-7-6-11(16)8-13(12)17)20-15(18)19-9-10-4-3-5-10/h1,6-8,10,14H,3-5,9H2,(H3,18,19,20). The summed E-state index contributed by atoms with van der Waals surface area (Å²) in [6.45, 7) is 0.694. The summed E-state index contributed by atoms with van der Waals surface area (Å²) in [6, 6.07) is 3.71. The molecule has 0 heterocycles. The molecular weight excluding hydrogens is 277 g/mol. The molecule has 3 nitrogen and oxygen atoms in total. The molecule has 1 saturated carbocycles. The first-order chi connectivity index (χ1) is 9.60. The van der Waals surface area contributed by atoms with Crippen molar-refractivity contribution >= 4 is 17.6 Å². The zero-order valence-corrected chi connectivity index (χ0v) is 11.8. The summed E-state index contributed by atoms with van der Waals surface area (Å²) in [4.78, 5) is 4.25. The van der Waals surface area contributed by atoms with Crippen molar-refractivity contribution < 1.29 is 4.39 Å². The van der Waals surface area contributed by atoms with E-state index in [1.54, 1.807) is 12.1 Å². The summed E-state index contributed by atoms with van der Waals surface area (Å²) in [7, 11) is 0. The molecule has 1 aliphatic carbocycles. The van der Waals surface area contributed by atoms with Crippen LogP contribution in [-0.4, -0.2) is 12.5 Å². The molecule has 0 amide bonds. The number of aliphatic imine (C=N–C) groups is 1. The predicted octanol–water partition coefficient (Wildman–Crippen LogP) is 2.86. The lowest BCUT2D eigenvalue weighted by Crippen LogP contribution is -2.35. The first-order valence-electron chi connectivity index (χ1n) is 6.57. The minimum absolute atomic E-state index is 0.245. The third kappa shape index (κ3) is 3.64. The molecular formula is C15H17ClFN3. The third-order valence-corrected chi connectivity index (χ3v) is 3.71. The lowest BCUT2D eigenvalue weighted by atomic mass is 9.86. The van der Waals surface area contributed by atoms with Crippen molar-refractivity contribution in [3.05, 3.63) is 34.6 Å². The van der Waals surface area contributed by atoms with Gasteiger partial charge in [0.2, 0.25) is 0 Å². The van der Waals surface area contributed by atoms with E-state index in [9.17, 15) is 4.39 Å². The molecule has 1 aliphatic rings. The van der Waals surface area contributed by atoms with Crippen molar-refractivity contribution in [3.63, 3.8) is 0 Å². The molecule has 1 aromatic carbocycles. The Balaban J connectivity index is 2.02. The molecule has 3 N–H and O–H groups in total. The van der Waals surface area contributed by atoms with Crippen LogP contribution in [0.4, 0.5) is 4.39 Å². The van der Waals surface area contributed by atoms with Gasteiger partial charge in [-0.2, -0.15) is 0 Å². The SMILES string of the molecule is C#CC(NC(N)=NCC1CCC1)c1ccc(Cl)cc1F. The van der Waals surface area contributed by atoms with E-state index in [4.69, 9.17) is 23.8 Å². The Morgan fingerprint density at radius 2 is 2.35 bits per heavy atom. The number of hydrogen-bond donors (Lipinski definition) is 2. The first kappa shape index (κ1) is 14.7. The number of nitrogens with two attached hydrogens (primary N) is 1. The maximum absolute atomic E-state index is 13.8. The highest BCUT2D eigenvalue weighted by Gasteiger charge is 2.17. The van der Waals surface area contributed by atoms with Gasteiger partial charge in [-0.1, -0.05) is 30.0 Å². The maximum Gasteiger partial charge on any atom is 0.189 e. The molecule has 106 valence electrons. The van der Waals surface area contributed by atoms with E-state index in [1.165, 1.54) is 25.3 Å². The highest BCUT2D eigenvalue weighted by Crippen LogP contribution is 2.26. The monoisotopic (exact) mass is 293 g/mol. The fourth-order valence-corrected chi connectivity index (χ4v) is 2.20. The Hall–Kier alpha value is -1.73. The van der Waals surface area contributed by atoms with Crippen LogP contribution < -0.4 is 11.1 Å². The number of guanidine groups is 1. The number of halogens is 2. The number of rotatable bonds is 4. The average Bonchev–Trinajstić information content (AvgIpc) is 2.34. The second-order valence-electron chi connectivity index (χ2n) is 4.93. The lowest BCUT2D eigenvalue weighted by molar-refractivity contribution is 0.326. The topological polar surface area (TPSA) is 50.4 Å². The summed E-state index contributed by atoms with van der Waals surface area (Å²) in [5, 5.41) is 3.18. The number of terminal acetylenes is 1. The Kier molecular flexibility index (Phi) is 4.86. The average molecular weight is 294 g/mol. The second-order valence-corrected chi connectivity index (χ2v) is 5.37. The van der Waals surface area contributed by atoms with Crippen molar-refractivity contribution in [2.24, 2.45) is 16.6 Å². The normalized spacial score (nSPS) is 17.1. The van der Waals surface area contributed by atoms with Gasteiger partial charge < -0.3 is 11.1 Å². The van der Waals surface area contributed by atoms with Crippen LogP contribution in [0.3, 0.4) is 0 Å². The fraction of sp³-hybridized carbons (Fsp3) is 0.400. The Morgan fingerprint density at radius 1 is 1.60 bits per heavy atom. The zero-order chi connectivity index (χ0) is 14.5. The Bertz CT molecular complexity index is 547. The molecule has 1 fully saturated rings. The van der Waals surface area contributed by atoms with E-state index in [-0.39, 0.29) is 5.96 Å². The van der Waals surface area contributed by atoms with Gasteiger partial charge in [-0.05, 0) is 30.9 Å². The Labute approximate surface area is 123 Å². The first-order valence-corrected chi connectivity index (χ1v) is 6.95. The smallest absolute Gasteiger partial charge is 0.189 e. The van der Waals surface area contributed by atoms with E-state index in [0.717, 1.165) is 0 Å². The highest BCUT2D eigenvalue weighted by atomic mass is 35.5. The number of benzene rings is 1. The van der Waals surface area contributed by atoms with Crippen molar-refractivity contribution in [2.75, 3.05) is 6.54 Å². The number of nitrogens with one attached hydrogen (secondary N) is 1. The maximum atomic E-state index is 13.8. The molecule has 2 rings (SSSR count). The van der Waals surface area contributed by atoms with Crippen LogP contribution in [0.25, 0.3) is 0 Å². The molecule has 0 bridgehead atoms. The molecule has 0 saturated heterocycles. The molecule has 0 spiro atoms.